The van der Waals surface area contributed by atoms with Gasteiger partial charge < -0.3 is 15.1 Å². The van der Waals surface area contributed by atoms with Crippen molar-refractivity contribution in [2.24, 2.45) is 10.9 Å². The van der Waals surface area contributed by atoms with Crippen LogP contribution in [-0.2, 0) is 19.4 Å². The number of aryl methyl sites for hydroxylation is 2. The Bertz CT molecular complexity index is 695. The molecule has 2 aromatic rings. The second-order valence-electron chi connectivity index (χ2n) is 6.98. The van der Waals surface area contributed by atoms with Crippen LogP contribution in [0.4, 0.5) is 0 Å². The van der Waals surface area contributed by atoms with Crippen molar-refractivity contribution < 1.29 is 4.42 Å². The van der Waals surface area contributed by atoms with Crippen molar-refractivity contribution in [3.05, 3.63) is 35.8 Å². The normalized spacial score (nSPS) is 16.9. The van der Waals surface area contributed by atoms with Crippen molar-refractivity contribution in [2.45, 2.75) is 52.6 Å². The molecule has 2 N–H and O–H groups in total. The lowest BCUT2D eigenvalue weighted by Gasteiger charge is -2.25. The molecule has 0 amide bonds. The average molecular weight is 472 g/mol. The van der Waals surface area contributed by atoms with E-state index in [4.69, 9.17) is 9.41 Å². The van der Waals surface area contributed by atoms with E-state index in [-0.39, 0.29) is 24.0 Å². The molecule has 0 spiro atoms. The maximum absolute atomic E-state index is 5.39. The van der Waals surface area contributed by atoms with Gasteiger partial charge in [-0.2, -0.15) is 5.10 Å². The Hall–Kier alpha value is -1.58. The number of hydrogen-bond donors (Lipinski definition) is 2. The second-order valence-corrected chi connectivity index (χ2v) is 6.98. The third kappa shape index (κ3) is 6.00. The van der Waals surface area contributed by atoms with E-state index in [1.807, 2.05) is 23.7 Å². The highest BCUT2D eigenvalue weighted by Crippen LogP contribution is 2.12. The molecular weight excluding hydrogens is 443 g/mol. The summed E-state index contributed by atoms with van der Waals surface area (Å²) in [6.45, 7) is 8.72. The van der Waals surface area contributed by atoms with Crippen LogP contribution >= 0.6 is 24.0 Å². The third-order valence-corrected chi connectivity index (χ3v) is 4.16. The third-order valence-electron chi connectivity index (χ3n) is 4.16. The molecule has 0 aromatic carbocycles. The zero-order valence-electron chi connectivity index (χ0n) is 15.7. The van der Waals surface area contributed by atoms with Gasteiger partial charge in [-0.1, -0.05) is 13.8 Å². The summed E-state index contributed by atoms with van der Waals surface area (Å²) in [5.41, 5.74) is 0. The van der Waals surface area contributed by atoms with Gasteiger partial charge in [-0.25, -0.2) is 9.67 Å². The minimum Gasteiger partial charge on any atom is -0.469 e. The monoisotopic (exact) mass is 472 g/mol. The first-order valence-electron chi connectivity index (χ1n) is 9.07. The van der Waals surface area contributed by atoms with E-state index in [0.29, 0.717) is 12.0 Å². The number of nitrogens with zero attached hydrogens (tertiary/aromatic N) is 4. The lowest BCUT2D eigenvalue weighted by atomic mass is 10.1. The Kier molecular flexibility index (Phi) is 7.92. The first-order valence-corrected chi connectivity index (χ1v) is 9.07. The number of halogens is 1. The standard InChI is InChI=1S/C18H28N6O.HI/c1-13(2)11-20-18(19-9-8-16-5-4-10-25-16)22-15-6-7-17-21-14(3)23-24(17)12-15;/h4-5,10,13,15H,6-9,11-12H2,1-3H3,(H2,19,20,22);1H. The molecule has 8 heteroatoms. The van der Waals surface area contributed by atoms with Crippen LogP contribution in [0.15, 0.2) is 27.8 Å². The summed E-state index contributed by atoms with van der Waals surface area (Å²) in [6.07, 6.45) is 4.54. The Morgan fingerprint density at radius 1 is 1.46 bits per heavy atom. The van der Waals surface area contributed by atoms with Gasteiger partial charge in [0.2, 0.25) is 0 Å². The van der Waals surface area contributed by atoms with Gasteiger partial charge in [-0.3, -0.25) is 4.99 Å². The van der Waals surface area contributed by atoms with Crippen LogP contribution in [-0.4, -0.2) is 39.9 Å². The van der Waals surface area contributed by atoms with Gasteiger partial charge in [0, 0.05) is 32.0 Å². The van der Waals surface area contributed by atoms with Crippen LogP contribution in [0.25, 0.3) is 0 Å². The molecule has 2 aromatic heterocycles. The maximum Gasteiger partial charge on any atom is 0.191 e. The van der Waals surface area contributed by atoms with E-state index in [2.05, 4.69) is 34.6 Å². The second kappa shape index (κ2) is 9.94. The molecule has 26 heavy (non-hydrogen) atoms. The first kappa shape index (κ1) is 20.7. The van der Waals surface area contributed by atoms with Crippen LogP contribution in [0, 0.1) is 12.8 Å². The molecule has 7 nitrogen and oxygen atoms in total. The zero-order valence-corrected chi connectivity index (χ0v) is 18.1. The van der Waals surface area contributed by atoms with Gasteiger partial charge in [0.15, 0.2) is 5.96 Å². The fourth-order valence-corrected chi connectivity index (χ4v) is 2.93. The van der Waals surface area contributed by atoms with Crippen molar-refractivity contribution in [3.63, 3.8) is 0 Å². The number of guanidine groups is 1. The highest BCUT2D eigenvalue weighted by molar-refractivity contribution is 14.0. The first-order chi connectivity index (χ1) is 12.1. The Balaban J connectivity index is 0.00000243. The predicted octanol–water partition coefficient (Wildman–Crippen LogP) is 2.55. The van der Waals surface area contributed by atoms with Gasteiger partial charge in [-0.05, 0) is 31.4 Å². The molecule has 144 valence electrons. The number of nitrogens with one attached hydrogen (secondary N) is 2. The van der Waals surface area contributed by atoms with E-state index in [0.717, 1.165) is 62.3 Å². The Labute approximate surface area is 172 Å². The van der Waals surface area contributed by atoms with Gasteiger partial charge >= 0.3 is 0 Å². The van der Waals surface area contributed by atoms with Gasteiger partial charge in [-0.15, -0.1) is 24.0 Å². The quantitative estimate of drug-likeness (QED) is 0.384. The molecule has 0 bridgehead atoms. The smallest absolute Gasteiger partial charge is 0.191 e. The number of hydrogen-bond acceptors (Lipinski definition) is 4. The largest absolute Gasteiger partial charge is 0.469 e. The lowest BCUT2D eigenvalue weighted by molar-refractivity contribution is 0.391. The van der Waals surface area contributed by atoms with E-state index in [1.165, 1.54) is 0 Å². The summed E-state index contributed by atoms with van der Waals surface area (Å²) in [7, 11) is 0. The summed E-state index contributed by atoms with van der Waals surface area (Å²) in [6, 6.07) is 4.23. The summed E-state index contributed by atoms with van der Waals surface area (Å²) in [5, 5.41) is 11.5. The number of aromatic nitrogens is 3. The Morgan fingerprint density at radius 2 is 2.31 bits per heavy atom. The molecule has 0 fully saturated rings. The predicted molar refractivity (Wildman–Crippen MR) is 113 cm³/mol. The SMILES string of the molecule is Cc1nc2n(n1)CC(NC(=NCC(C)C)NCCc1ccco1)CC2.I. The van der Waals surface area contributed by atoms with Gasteiger partial charge in [0.05, 0.1) is 12.8 Å². The minimum atomic E-state index is 0. The molecule has 0 aliphatic carbocycles. The Morgan fingerprint density at radius 3 is 3.04 bits per heavy atom. The van der Waals surface area contributed by atoms with Crippen molar-refractivity contribution in [1.29, 1.82) is 0 Å². The van der Waals surface area contributed by atoms with Crippen molar-refractivity contribution in [1.82, 2.24) is 25.4 Å². The van der Waals surface area contributed by atoms with Crippen LogP contribution in [0.5, 0.6) is 0 Å². The van der Waals surface area contributed by atoms with Gasteiger partial charge in [0.25, 0.3) is 0 Å². The van der Waals surface area contributed by atoms with E-state index in [9.17, 15) is 0 Å². The molecule has 3 heterocycles. The number of rotatable bonds is 6. The number of furan rings is 1. The maximum atomic E-state index is 5.39. The van der Waals surface area contributed by atoms with Crippen LogP contribution < -0.4 is 10.6 Å². The van der Waals surface area contributed by atoms with Crippen molar-refractivity contribution in [2.75, 3.05) is 13.1 Å². The summed E-state index contributed by atoms with van der Waals surface area (Å²) in [5.74, 6) is 4.31. The molecular formula is C18H29IN6O. The molecule has 1 unspecified atom stereocenters. The van der Waals surface area contributed by atoms with Gasteiger partial charge in [0.1, 0.15) is 17.4 Å². The van der Waals surface area contributed by atoms with Crippen molar-refractivity contribution in [3.8, 4) is 0 Å². The number of fused-ring (bicyclic) bond motifs is 1. The average Bonchev–Trinajstić information content (AvgIpc) is 3.20. The van der Waals surface area contributed by atoms with E-state index >= 15 is 0 Å². The van der Waals surface area contributed by atoms with E-state index < -0.39 is 0 Å². The summed E-state index contributed by atoms with van der Waals surface area (Å²) >= 11 is 0. The highest BCUT2D eigenvalue weighted by Gasteiger charge is 2.21. The molecule has 0 saturated carbocycles. The molecule has 0 radical (unpaired) electrons. The zero-order chi connectivity index (χ0) is 17.6. The van der Waals surface area contributed by atoms with Crippen LogP contribution in [0.2, 0.25) is 0 Å². The molecule has 1 aliphatic rings. The summed E-state index contributed by atoms with van der Waals surface area (Å²) in [4.78, 5) is 9.19. The molecule has 1 aliphatic heterocycles. The highest BCUT2D eigenvalue weighted by atomic mass is 127. The molecule has 1 atom stereocenters. The van der Waals surface area contributed by atoms with Crippen molar-refractivity contribution >= 4 is 29.9 Å². The fourth-order valence-electron chi connectivity index (χ4n) is 2.93. The van der Waals surface area contributed by atoms with E-state index in [1.54, 1.807) is 6.26 Å². The minimum absolute atomic E-state index is 0. The molecule has 0 saturated heterocycles. The summed E-state index contributed by atoms with van der Waals surface area (Å²) < 4.78 is 7.40. The van der Waals surface area contributed by atoms with Crippen LogP contribution in [0.3, 0.4) is 0 Å². The topological polar surface area (TPSA) is 80.3 Å². The lowest BCUT2D eigenvalue weighted by Crippen LogP contribution is -2.47. The molecule has 3 rings (SSSR count). The number of aliphatic imine (C=N–C) groups is 1. The van der Waals surface area contributed by atoms with Crippen LogP contribution in [0.1, 0.15) is 37.7 Å². The fraction of sp³-hybridized carbons (Fsp3) is 0.611.